The molecular weight excluding hydrogens is 378 g/mol. The Kier molecular flexibility index (Phi) is 5.20. The molecule has 0 radical (unpaired) electrons. The minimum absolute atomic E-state index is 0.0940. The average Bonchev–Trinajstić information content (AvgIpc) is 3.31. The smallest absolute Gasteiger partial charge is 0.295 e. The molecule has 6 heteroatoms. The number of carbonyl (C=O) groups excluding carboxylic acids is 2. The molecule has 2 atom stereocenters. The molecule has 4 rings (SSSR count). The molecule has 1 N–H and O–H groups in total. The zero-order valence-electron chi connectivity index (χ0n) is 15.2. The number of halogens is 1. The number of rotatable bonds is 4. The van der Waals surface area contributed by atoms with Crippen molar-refractivity contribution in [3.8, 4) is 0 Å². The standard InChI is InChI=1S/C22H20ClNO4/c23-16-10-8-14(9-11-16)19-18(20(25)15-5-2-1-3-6-15)21(26)22(27)24(19)13-17-7-4-12-28-17/h1-3,5-6,8-11,17,19,25H,4,7,12-13H2/b20-18+/t17-,19-/m0/s1. The van der Waals surface area contributed by atoms with Crippen LogP contribution in [-0.4, -0.2) is 41.0 Å². The largest absolute Gasteiger partial charge is 0.507 e. The quantitative estimate of drug-likeness (QED) is 0.482. The molecule has 0 saturated carbocycles. The van der Waals surface area contributed by atoms with Gasteiger partial charge in [0.1, 0.15) is 5.76 Å². The van der Waals surface area contributed by atoms with Crippen LogP contribution in [0.2, 0.25) is 5.02 Å². The van der Waals surface area contributed by atoms with Crippen molar-refractivity contribution in [2.75, 3.05) is 13.2 Å². The van der Waals surface area contributed by atoms with E-state index in [-0.39, 0.29) is 17.4 Å². The number of Topliss-reactive ketones (excluding diaryl/α,β-unsaturated/α-hetero) is 1. The molecule has 2 aliphatic heterocycles. The Balaban J connectivity index is 1.81. The normalized spacial score (nSPS) is 24.1. The van der Waals surface area contributed by atoms with Gasteiger partial charge in [0.2, 0.25) is 0 Å². The number of likely N-dealkylation sites (tertiary alicyclic amines) is 1. The second-order valence-corrected chi connectivity index (χ2v) is 7.44. The molecular formula is C22H20ClNO4. The fraction of sp³-hybridized carbons (Fsp3) is 0.273. The summed E-state index contributed by atoms with van der Waals surface area (Å²) in [6, 6.07) is 15.1. The molecule has 28 heavy (non-hydrogen) atoms. The summed E-state index contributed by atoms with van der Waals surface area (Å²) in [5, 5.41) is 11.5. The van der Waals surface area contributed by atoms with Crippen molar-refractivity contribution in [2.24, 2.45) is 0 Å². The predicted octanol–water partition coefficient (Wildman–Crippen LogP) is 3.94. The summed E-state index contributed by atoms with van der Waals surface area (Å²) in [7, 11) is 0. The molecule has 0 aliphatic carbocycles. The number of nitrogens with zero attached hydrogens (tertiary/aromatic N) is 1. The van der Waals surface area contributed by atoms with Gasteiger partial charge in [-0.1, -0.05) is 54.1 Å². The average molecular weight is 398 g/mol. The van der Waals surface area contributed by atoms with Crippen LogP contribution in [0.5, 0.6) is 0 Å². The predicted molar refractivity (Wildman–Crippen MR) is 106 cm³/mol. The van der Waals surface area contributed by atoms with Crippen molar-refractivity contribution in [1.82, 2.24) is 4.90 Å². The first-order chi connectivity index (χ1) is 13.6. The summed E-state index contributed by atoms with van der Waals surface area (Å²) in [4.78, 5) is 27.2. The van der Waals surface area contributed by atoms with Crippen LogP contribution in [0.25, 0.3) is 5.76 Å². The number of hydrogen-bond acceptors (Lipinski definition) is 4. The molecule has 2 fully saturated rings. The fourth-order valence-corrected chi connectivity index (χ4v) is 3.95. The molecule has 5 nitrogen and oxygen atoms in total. The van der Waals surface area contributed by atoms with Crippen molar-refractivity contribution in [1.29, 1.82) is 0 Å². The molecule has 2 aromatic carbocycles. The number of benzene rings is 2. The summed E-state index contributed by atoms with van der Waals surface area (Å²) in [6.45, 7) is 0.966. The SMILES string of the molecule is O=C1C(=O)N(C[C@@H]2CCCO2)[C@@H](c2ccc(Cl)cc2)/C1=C(\O)c1ccccc1. The van der Waals surface area contributed by atoms with Crippen molar-refractivity contribution in [3.05, 3.63) is 76.3 Å². The maximum atomic E-state index is 12.9. The molecule has 0 spiro atoms. The van der Waals surface area contributed by atoms with Gasteiger partial charge in [-0.25, -0.2) is 0 Å². The van der Waals surface area contributed by atoms with Gasteiger partial charge in [0.15, 0.2) is 0 Å². The Bertz CT molecular complexity index is 917. The van der Waals surface area contributed by atoms with Crippen LogP contribution in [-0.2, 0) is 14.3 Å². The molecule has 2 saturated heterocycles. The van der Waals surface area contributed by atoms with E-state index in [1.807, 2.05) is 6.07 Å². The van der Waals surface area contributed by atoms with E-state index in [4.69, 9.17) is 16.3 Å². The van der Waals surface area contributed by atoms with E-state index in [9.17, 15) is 14.7 Å². The summed E-state index contributed by atoms with van der Waals surface area (Å²) < 4.78 is 5.68. The first-order valence-corrected chi connectivity index (χ1v) is 9.65. The van der Waals surface area contributed by atoms with Crippen LogP contribution in [0, 0.1) is 0 Å². The number of ether oxygens (including phenoxy) is 1. The van der Waals surface area contributed by atoms with E-state index in [1.165, 1.54) is 4.90 Å². The highest BCUT2D eigenvalue weighted by Crippen LogP contribution is 2.40. The Morgan fingerprint density at radius 2 is 1.82 bits per heavy atom. The topological polar surface area (TPSA) is 66.8 Å². The molecule has 2 aromatic rings. The molecule has 0 bridgehead atoms. The molecule has 0 unspecified atom stereocenters. The fourth-order valence-electron chi connectivity index (χ4n) is 3.82. The third-order valence-corrected chi connectivity index (χ3v) is 5.45. The molecule has 0 aromatic heterocycles. The lowest BCUT2D eigenvalue weighted by Crippen LogP contribution is -2.36. The van der Waals surface area contributed by atoms with Crippen LogP contribution >= 0.6 is 11.6 Å². The Hall–Kier alpha value is -2.63. The number of hydrogen-bond donors (Lipinski definition) is 1. The first-order valence-electron chi connectivity index (χ1n) is 9.27. The number of carbonyl (C=O) groups is 2. The summed E-state index contributed by atoms with van der Waals surface area (Å²) in [5.74, 6) is -1.47. The van der Waals surface area contributed by atoms with Gasteiger partial charge in [0.05, 0.1) is 17.7 Å². The van der Waals surface area contributed by atoms with Gasteiger partial charge in [0, 0.05) is 23.7 Å². The Morgan fingerprint density at radius 3 is 2.46 bits per heavy atom. The van der Waals surface area contributed by atoms with E-state index in [0.717, 1.165) is 18.4 Å². The minimum atomic E-state index is -0.681. The van der Waals surface area contributed by atoms with Crippen LogP contribution in [0.4, 0.5) is 0 Å². The van der Waals surface area contributed by atoms with Gasteiger partial charge in [-0.15, -0.1) is 0 Å². The molecule has 1 amide bonds. The van der Waals surface area contributed by atoms with Gasteiger partial charge in [0.25, 0.3) is 11.7 Å². The third kappa shape index (κ3) is 3.43. The van der Waals surface area contributed by atoms with Gasteiger partial charge in [-0.3, -0.25) is 9.59 Å². The zero-order valence-corrected chi connectivity index (χ0v) is 15.9. The van der Waals surface area contributed by atoms with E-state index < -0.39 is 17.7 Å². The van der Waals surface area contributed by atoms with Crippen molar-refractivity contribution < 1.29 is 19.4 Å². The van der Waals surface area contributed by atoms with E-state index in [2.05, 4.69) is 0 Å². The van der Waals surface area contributed by atoms with E-state index in [1.54, 1.807) is 48.5 Å². The van der Waals surface area contributed by atoms with Crippen molar-refractivity contribution >= 4 is 29.1 Å². The lowest BCUT2D eigenvalue weighted by molar-refractivity contribution is -0.140. The highest BCUT2D eigenvalue weighted by molar-refractivity contribution is 6.46. The molecule has 2 aliphatic rings. The number of ketones is 1. The van der Waals surface area contributed by atoms with Gasteiger partial charge in [-0.05, 0) is 30.5 Å². The lowest BCUT2D eigenvalue weighted by atomic mass is 9.95. The van der Waals surface area contributed by atoms with E-state index >= 15 is 0 Å². The second kappa shape index (κ2) is 7.78. The lowest BCUT2D eigenvalue weighted by Gasteiger charge is -2.27. The van der Waals surface area contributed by atoms with E-state index in [0.29, 0.717) is 23.7 Å². The number of aliphatic hydroxyl groups excluding tert-OH is 1. The summed E-state index contributed by atoms with van der Waals surface area (Å²) in [5.41, 5.74) is 1.31. The zero-order chi connectivity index (χ0) is 19.7. The van der Waals surface area contributed by atoms with Gasteiger partial charge in [-0.2, -0.15) is 0 Å². The highest BCUT2D eigenvalue weighted by Gasteiger charge is 2.46. The first kappa shape index (κ1) is 18.7. The van der Waals surface area contributed by atoms with Crippen molar-refractivity contribution in [3.63, 3.8) is 0 Å². The maximum absolute atomic E-state index is 12.9. The highest BCUT2D eigenvalue weighted by atomic mass is 35.5. The van der Waals surface area contributed by atoms with Crippen LogP contribution in [0.15, 0.2) is 60.2 Å². The van der Waals surface area contributed by atoms with Gasteiger partial charge >= 0.3 is 0 Å². The Morgan fingerprint density at radius 1 is 1.11 bits per heavy atom. The number of amides is 1. The molecule has 2 heterocycles. The monoisotopic (exact) mass is 397 g/mol. The second-order valence-electron chi connectivity index (χ2n) is 7.00. The third-order valence-electron chi connectivity index (χ3n) is 5.20. The molecule has 144 valence electrons. The number of aliphatic hydroxyl groups is 1. The minimum Gasteiger partial charge on any atom is -0.507 e. The van der Waals surface area contributed by atoms with Crippen molar-refractivity contribution in [2.45, 2.75) is 25.0 Å². The maximum Gasteiger partial charge on any atom is 0.295 e. The van der Waals surface area contributed by atoms with Crippen LogP contribution in [0.1, 0.15) is 30.0 Å². The van der Waals surface area contributed by atoms with Crippen LogP contribution < -0.4 is 0 Å². The Labute approximate surface area is 168 Å². The summed E-state index contributed by atoms with van der Waals surface area (Å²) in [6.07, 6.45) is 1.67. The summed E-state index contributed by atoms with van der Waals surface area (Å²) >= 11 is 6.02. The van der Waals surface area contributed by atoms with Crippen LogP contribution in [0.3, 0.4) is 0 Å². The van der Waals surface area contributed by atoms with Gasteiger partial charge < -0.3 is 14.7 Å².